The first-order chi connectivity index (χ1) is 26.9. The van der Waals surface area contributed by atoms with Gasteiger partial charge in [-0.25, -0.2) is 0 Å². The molecule has 4 heteroatoms. The second-order valence-corrected chi connectivity index (χ2v) is 16.4. The van der Waals surface area contributed by atoms with Crippen LogP contribution in [-0.2, 0) is 5.41 Å². The zero-order valence-corrected chi connectivity index (χ0v) is 31.9. The van der Waals surface area contributed by atoms with E-state index in [2.05, 4.69) is 191 Å². The standard InChI is InChI=1S/C51H33BrN2O/c1-51(2)43-27-32(52)17-22-35(43)36-23-18-34(29-44(36)51)54-46-13-7-4-10-38(46)40-21-16-31(26-48(40)54)30-15-20-39-37-9-3-6-12-45(37)53(47(39)25-30)33-19-24-50-42(28-33)41-11-5-8-14-49(41)55-50/h3-29H,1-2H3. The molecule has 0 spiro atoms. The van der Waals surface area contributed by atoms with Crippen molar-refractivity contribution in [2.24, 2.45) is 0 Å². The predicted molar refractivity (Wildman–Crippen MR) is 233 cm³/mol. The van der Waals surface area contributed by atoms with Crippen molar-refractivity contribution >= 4 is 81.5 Å². The van der Waals surface area contributed by atoms with Gasteiger partial charge in [0, 0.05) is 53.6 Å². The van der Waals surface area contributed by atoms with Gasteiger partial charge in [0.2, 0.25) is 0 Å². The summed E-state index contributed by atoms with van der Waals surface area (Å²) < 4.78 is 12.2. The highest BCUT2D eigenvalue weighted by atomic mass is 79.9. The van der Waals surface area contributed by atoms with E-state index in [0.29, 0.717) is 0 Å². The van der Waals surface area contributed by atoms with Gasteiger partial charge in [0.15, 0.2) is 0 Å². The first-order valence-corrected chi connectivity index (χ1v) is 19.7. The summed E-state index contributed by atoms with van der Waals surface area (Å²) in [5, 5.41) is 7.25. The number of para-hydroxylation sites is 3. The van der Waals surface area contributed by atoms with E-state index in [9.17, 15) is 0 Å². The number of halogens is 1. The maximum Gasteiger partial charge on any atom is 0.135 e. The third-order valence-corrected chi connectivity index (χ3v) is 12.7. The Balaban J connectivity index is 1.06. The maximum absolute atomic E-state index is 6.21. The first kappa shape index (κ1) is 31.0. The summed E-state index contributed by atoms with van der Waals surface area (Å²) in [5.41, 5.74) is 16.5. The van der Waals surface area contributed by atoms with Crippen LogP contribution in [0.3, 0.4) is 0 Å². The lowest BCUT2D eigenvalue weighted by molar-refractivity contribution is 0.659. The Bertz CT molecular complexity index is 3430. The summed E-state index contributed by atoms with van der Waals surface area (Å²) in [4.78, 5) is 0. The molecular formula is C51H33BrN2O. The first-order valence-electron chi connectivity index (χ1n) is 18.9. The largest absolute Gasteiger partial charge is 0.456 e. The molecule has 0 saturated carbocycles. The molecule has 0 amide bonds. The quantitative estimate of drug-likeness (QED) is 0.175. The van der Waals surface area contributed by atoms with Crippen molar-refractivity contribution in [1.29, 1.82) is 0 Å². The zero-order valence-electron chi connectivity index (χ0n) is 30.3. The van der Waals surface area contributed by atoms with Crippen LogP contribution in [0.25, 0.3) is 99.2 Å². The van der Waals surface area contributed by atoms with Crippen molar-refractivity contribution in [1.82, 2.24) is 9.13 Å². The van der Waals surface area contributed by atoms with Crippen molar-refractivity contribution in [3.63, 3.8) is 0 Å². The second kappa shape index (κ2) is 11.1. The average molecular weight is 770 g/mol. The monoisotopic (exact) mass is 768 g/mol. The highest BCUT2D eigenvalue weighted by Gasteiger charge is 2.36. The molecule has 0 saturated heterocycles. The summed E-state index contributed by atoms with van der Waals surface area (Å²) in [6, 6.07) is 60.1. The van der Waals surface area contributed by atoms with Crippen LogP contribution in [0.4, 0.5) is 0 Å². The molecule has 12 rings (SSSR count). The Hall–Kier alpha value is -6.36. The molecule has 0 radical (unpaired) electrons. The molecule has 0 N–H and O–H groups in total. The minimum absolute atomic E-state index is 0.114. The second-order valence-electron chi connectivity index (χ2n) is 15.5. The molecule has 0 bridgehead atoms. The van der Waals surface area contributed by atoms with Crippen LogP contribution < -0.4 is 0 Å². The van der Waals surface area contributed by atoms with Gasteiger partial charge >= 0.3 is 0 Å². The molecule has 1 aliphatic carbocycles. The molecule has 8 aromatic carbocycles. The number of fused-ring (bicyclic) bond motifs is 12. The Morgan fingerprint density at radius 2 is 0.927 bits per heavy atom. The normalized spacial score (nSPS) is 13.5. The third kappa shape index (κ3) is 4.32. The van der Waals surface area contributed by atoms with Gasteiger partial charge in [-0.2, -0.15) is 0 Å². The molecule has 0 atom stereocenters. The van der Waals surface area contributed by atoms with Crippen molar-refractivity contribution in [3.8, 4) is 33.6 Å². The van der Waals surface area contributed by atoms with Gasteiger partial charge in [0.25, 0.3) is 0 Å². The molecule has 3 nitrogen and oxygen atoms in total. The highest BCUT2D eigenvalue weighted by Crippen LogP contribution is 2.50. The number of hydrogen-bond acceptors (Lipinski definition) is 1. The lowest BCUT2D eigenvalue weighted by atomic mass is 9.82. The molecule has 55 heavy (non-hydrogen) atoms. The van der Waals surface area contributed by atoms with Crippen LogP contribution in [0.15, 0.2) is 173 Å². The van der Waals surface area contributed by atoms with E-state index in [-0.39, 0.29) is 5.41 Å². The van der Waals surface area contributed by atoms with Crippen LogP contribution >= 0.6 is 15.9 Å². The zero-order chi connectivity index (χ0) is 36.6. The van der Waals surface area contributed by atoms with Crippen molar-refractivity contribution in [3.05, 3.63) is 179 Å². The molecule has 0 unspecified atom stereocenters. The molecule has 260 valence electrons. The van der Waals surface area contributed by atoms with E-state index >= 15 is 0 Å². The lowest BCUT2D eigenvalue weighted by Crippen LogP contribution is -2.15. The molecule has 0 fully saturated rings. The molecule has 3 heterocycles. The number of furan rings is 1. The maximum atomic E-state index is 6.21. The van der Waals surface area contributed by atoms with Gasteiger partial charge < -0.3 is 13.6 Å². The van der Waals surface area contributed by atoms with Crippen LogP contribution in [0.2, 0.25) is 0 Å². The molecular weight excluding hydrogens is 736 g/mol. The Kier molecular flexibility index (Phi) is 6.26. The average Bonchev–Trinajstić information content (AvgIpc) is 3.92. The van der Waals surface area contributed by atoms with E-state index in [1.165, 1.54) is 82.7 Å². The number of nitrogens with zero attached hydrogens (tertiary/aromatic N) is 2. The molecule has 0 aliphatic heterocycles. The fraction of sp³-hybridized carbons (Fsp3) is 0.0588. The van der Waals surface area contributed by atoms with Crippen molar-refractivity contribution in [2.75, 3.05) is 0 Å². The van der Waals surface area contributed by atoms with Crippen molar-refractivity contribution in [2.45, 2.75) is 19.3 Å². The third-order valence-electron chi connectivity index (χ3n) is 12.2. The topological polar surface area (TPSA) is 23.0 Å². The summed E-state index contributed by atoms with van der Waals surface area (Å²) in [6.07, 6.45) is 0. The molecule has 11 aromatic rings. The van der Waals surface area contributed by atoms with Crippen LogP contribution in [0, 0.1) is 0 Å². The summed E-state index contributed by atoms with van der Waals surface area (Å²) in [7, 11) is 0. The molecule has 3 aromatic heterocycles. The molecule has 1 aliphatic rings. The highest BCUT2D eigenvalue weighted by molar-refractivity contribution is 9.10. The van der Waals surface area contributed by atoms with E-state index in [0.717, 1.165) is 32.1 Å². The van der Waals surface area contributed by atoms with Gasteiger partial charge in [-0.1, -0.05) is 121 Å². The van der Waals surface area contributed by atoms with E-state index in [1.54, 1.807) is 0 Å². The number of benzene rings is 8. The Morgan fingerprint density at radius 3 is 1.60 bits per heavy atom. The van der Waals surface area contributed by atoms with Gasteiger partial charge in [-0.3, -0.25) is 0 Å². The SMILES string of the molecule is CC1(C)c2cc(Br)ccc2-c2ccc(-n3c4ccccc4c4ccc(-c5ccc6c7ccccc7n(-c7ccc8oc9ccccc9c8c7)c6c5)cc43)cc21. The Labute approximate surface area is 325 Å². The number of rotatable bonds is 3. The smallest absolute Gasteiger partial charge is 0.135 e. The predicted octanol–water partition coefficient (Wildman–Crippen LogP) is 14.5. The van der Waals surface area contributed by atoms with Gasteiger partial charge in [-0.05, 0) is 106 Å². The lowest BCUT2D eigenvalue weighted by Gasteiger charge is -2.22. The van der Waals surface area contributed by atoms with Gasteiger partial charge in [0.1, 0.15) is 11.2 Å². The minimum Gasteiger partial charge on any atom is -0.456 e. The van der Waals surface area contributed by atoms with E-state index < -0.39 is 0 Å². The van der Waals surface area contributed by atoms with Crippen LogP contribution in [0.5, 0.6) is 0 Å². The van der Waals surface area contributed by atoms with E-state index in [4.69, 9.17) is 4.42 Å². The number of hydrogen-bond donors (Lipinski definition) is 0. The summed E-state index contributed by atoms with van der Waals surface area (Å²) >= 11 is 3.73. The summed E-state index contributed by atoms with van der Waals surface area (Å²) in [6.45, 7) is 4.70. The van der Waals surface area contributed by atoms with Crippen molar-refractivity contribution < 1.29 is 4.42 Å². The van der Waals surface area contributed by atoms with Gasteiger partial charge in [-0.15, -0.1) is 0 Å². The minimum atomic E-state index is -0.114. The number of aromatic nitrogens is 2. The van der Waals surface area contributed by atoms with Crippen LogP contribution in [-0.4, -0.2) is 9.13 Å². The summed E-state index contributed by atoms with van der Waals surface area (Å²) in [5.74, 6) is 0. The van der Waals surface area contributed by atoms with Gasteiger partial charge in [0.05, 0.1) is 22.1 Å². The van der Waals surface area contributed by atoms with E-state index in [1.807, 2.05) is 12.1 Å². The van der Waals surface area contributed by atoms with Crippen LogP contribution in [0.1, 0.15) is 25.0 Å². The fourth-order valence-corrected chi connectivity index (χ4v) is 9.91. The Morgan fingerprint density at radius 1 is 0.418 bits per heavy atom. The fourth-order valence-electron chi connectivity index (χ4n) is 9.55.